The van der Waals surface area contributed by atoms with Crippen LogP contribution in [0.25, 0.3) is 16.8 Å². The average Bonchev–Trinajstić information content (AvgIpc) is 3.18. The Balaban J connectivity index is 1.65. The first kappa shape index (κ1) is 24.7. The lowest BCUT2D eigenvalue weighted by Gasteiger charge is -2.12. The fourth-order valence-electron chi connectivity index (χ4n) is 4.01. The van der Waals surface area contributed by atoms with E-state index in [9.17, 15) is 9.59 Å². The maximum absolute atomic E-state index is 13.0. The summed E-state index contributed by atoms with van der Waals surface area (Å²) in [5.41, 5.74) is 5.52. The van der Waals surface area contributed by atoms with E-state index < -0.39 is 0 Å². The van der Waals surface area contributed by atoms with Crippen LogP contribution in [0.15, 0.2) is 48.7 Å². The van der Waals surface area contributed by atoms with E-state index in [4.69, 9.17) is 9.47 Å². The van der Waals surface area contributed by atoms with E-state index in [0.29, 0.717) is 53.0 Å². The number of nitrogens with zero attached hydrogens (tertiary/aromatic N) is 3. The molecule has 2 heterocycles. The van der Waals surface area contributed by atoms with Crippen molar-refractivity contribution < 1.29 is 19.1 Å². The van der Waals surface area contributed by atoms with Crippen LogP contribution in [0.2, 0.25) is 0 Å². The third-order valence-corrected chi connectivity index (χ3v) is 5.60. The van der Waals surface area contributed by atoms with Crippen molar-refractivity contribution in [3.8, 4) is 22.6 Å². The first-order valence-electron chi connectivity index (χ1n) is 11.8. The molecule has 0 fully saturated rings. The van der Waals surface area contributed by atoms with Gasteiger partial charge in [-0.25, -0.2) is 9.50 Å². The molecule has 9 heteroatoms. The number of fused-ring (bicyclic) bond motifs is 1. The van der Waals surface area contributed by atoms with E-state index in [2.05, 4.69) is 20.7 Å². The highest BCUT2D eigenvalue weighted by atomic mass is 16.5. The zero-order chi connectivity index (χ0) is 25.8. The summed E-state index contributed by atoms with van der Waals surface area (Å²) in [4.78, 5) is 28.8. The molecule has 0 saturated carbocycles. The Hall–Kier alpha value is -4.40. The number of hydrogen-bond donors (Lipinski definition) is 2. The maximum Gasteiger partial charge on any atom is 0.259 e. The van der Waals surface area contributed by atoms with Crippen LogP contribution in [0.3, 0.4) is 0 Å². The molecule has 9 nitrogen and oxygen atoms in total. The minimum Gasteiger partial charge on any atom is -0.490 e. The van der Waals surface area contributed by atoms with E-state index in [1.807, 2.05) is 45.9 Å². The number of ether oxygens (including phenoxy) is 2. The van der Waals surface area contributed by atoms with Gasteiger partial charge in [-0.3, -0.25) is 9.59 Å². The van der Waals surface area contributed by atoms with E-state index in [1.165, 1.54) is 6.92 Å². The van der Waals surface area contributed by atoms with E-state index >= 15 is 0 Å². The van der Waals surface area contributed by atoms with E-state index in [1.54, 1.807) is 35.0 Å². The number of aryl methyl sites for hydroxylation is 2. The van der Waals surface area contributed by atoms with Gasteiger partial charge in [0.25, 0.3) is 5.91 Å². The summed E-state index contributed by atoms with van der Waals surface area (Å²) < 4.78 is 13.2. The van der Waals surface area contributed by atoms with Gasteiger partial charge < -0.3 is 20.1 Å². The lowest BCUT2D eigenvalue weighted by molar-refractivity contribution is -0.114. The maximum atomic E-state index is 13.0. The topological polar surface area (TPSA) is 107 Å². The molecule has 0 aliphatic heterocycles. The van der Waals surface area contributed by atoms with Crippen molar-refractivity contribution >= 4 is 28.8 Å². The minimum atomic E-state index is -0.302. The number of benzene rings is 2. The highest BCUT2D eigenvalue weighted by Gasteiger charge is 2.20. The predicted molar refractivity (Wildman–Crippen MR) is 139 cm³/mol. The zero-order valence-corrected chi connectivity index (χ0v) is 21.0. The van der Waals surface area contributed by atoms with Crippen molar-refractivity contribution in [1.82, 2.24) is 14.6 Å². The van der Waals surface area contributed by atoms with Gasteiger partial charge in [0.1, 0.15) is 0 Å². The third kappa shape index (κ3) is 5.00. The van der Waals surface area contributed by atoms with Crippen LogP contribution in [0.4, 0.5) is 11.4 Å². The first-order valence-corrected chi connectivity index (χ1v) is 11.8. The summed E-state index contributed by atoms with van der Waals surface area (Å²) in [6.07, 6.45) is 1.56. The zero-order valence-electron chi connectivity index (χ0n) is 21.0. The summed E-state index contributed by atoms with van der Waals surface area (Å²) in [6.45, 7) is 10.1. The number of hydrogen-bond acceptors (Lipinski definition) is 6. The first-order chi connectivity index (χ1) is 17.3. The standard InChI is InChI=1S/C27H29N5O4/c1-6-35-23-13-8-19(14-24(23)36-7-2)25-16(3)31-32-17(4)22(15-28-26(25)32)27(34)30-21-11-9-20(10-12-21)29-18(5)33/h8-15H,6-7H2,1-5H3,(H,29,33)(H,30,34). The molecule has 0 unspecified atom stereocenters. The molecule has 36 heavy (non-hydrogen) atoms. The van der Waals surface area contributed by atoms with Crippen LogP contribution in [0.1, 0.15) is 42.5 Å². The number of carbonyl (C=O) groups is 2. The lowest BCUT2D eigenvalue weighted by Crippen LogP contribution is -2.16. The van der Waals surface area contributed by atoms with Gasteiger partial charge in [0.2, 0.25) is 5.91 Å². The van der Waals surface area contributed by atoms with Crippen LogP contribution < -0.4 is 20.1 Å². The van der Waals surface area contributed by atoms with Crippen molar-refractivity contribution in [2.75, 3.05) is 23.8 Å². The largest absolute Gasteiger partial charge is 0.490 e. The SMILES string of the molecule is CCOc1ccc(-c2c(C)nn3c(C)c(C(=O)Nc4ccc(NC(C)=O)cc4)cnc23)cc1OCC. The Morgan fingerprint density at radius 2 is 1.56 bits per heavy atom. The fourth-order valence-corrected chi connectivity index (χ4v) is 4.01. The molecular formula is C27H29N5O4. The smallest absolute Gasteiger partial charge is 0.259 e. The van der Waals surface area contributed by atoms with Crippen LogP contribution in [0, 0.1) is 13.8 Å². The van der Waals surface area contributed by atoms with Gasteiger partial charge in [0, 0.05) is 30.1 Å². The van der Waals surface area contributed by atoms with E-state index in [-0.39, 0.29) is 11.8 Å². The van der Waals surface area contributed by atoms with Crippen LogP contribution in [-0.2, 0) is 4.79 Å². The number of anilines is 2. The summed E-state index contributed by atoms with van der Waals surface area (Å²) in [5, 5.41) is 10.2. The Bertz CT molecular complexity index is 1430. The highest BCUT2D eigenvalue weighted by Crippen LogP contribution is 2.36. The molecule has 186 valence electrons. The lowest BCUT2D eigenvalue weighted by atomic mass is 10.1. The van der Waals surface area contributed by atoms with Gasteiger partial charge in [-0.1, -0.05) is 6.07 Å². The molecule has 0 saturated heterocycles. The van der Waals surface area contributed by atoms with Gasteiger partial charge in [-0.2, -0.15) is 5.10 Å². The van der Waals surface area contributed by atoms with Crippen molar-refractivity contribution in [3.63, 3.8) is 0 Å². The second-order valence-electron chi connectivity index (χ2n) is 8.19. The molecule has 2 N–H and O–H groups in total. The van der Waals surface area contributed by atoms with Crippen molar-refractivity contribution in [2.24, 2.45) is 0 Å². The van der Waals surface area contributed by atoms with Crippen molar-refractivity contribution in [3.05, 3.63) is 65.6 Å². The molecule has 0 spiro atoms. The Kier molecular flexibility index (Phi) is 7.19. The average molecular weight is 488 g/mol. The number of rotatable bonds is 8. The molecule has 0 atom stereocenters. The van der Waals surface area contributed by atoms with Crippen molar-refractivity contribution in [2.45, 2.75) is 34.6 Å². The Labute approximate surface area is 209 Å². The molecule has 0 radical (unpaired) electrons. The monoisotopic (exact) mass is 487 g/mol. The molecule has 4 aromatic rings. The fraction of sp³-hybridized carbons (Fsp3) is 0.259. The summed E-state index contributed by atoms with van der Waals surface area (Å²) in [7, 11) is 0. The predicted octanol–water partition coefficient (Wildman–Crippen LogP) is 5.02. The number of amides is 2. The number of nitrogens with one attached hydrogen (secondary N) is 2. The molecule has 0 aliphatic carbocycles. The molecular weight excluding hydrogens is 458 g/mol. The Morgan fingerprint density at radius 1 is 0.917 bits per heavy atom. The van der Waals surface area contributed by atoms with Crippen molar-refractivity contribution in [1.29, 1.82) is 0 Å². The second kappa shape index (κ2) is 10.5. The number of aromatic nitrogens is 3. The van der Waals surface area contributed by atoms with Gasteiger partial charge in [-0.05, 0) is 69.7 Å². The number of carbonyl (C=O) groups excluding carboxylic acids is 2. The van der Waals surface area contributed by atoms with Crippen LogP contribution >= 0.6 is 0 Å². The quantitative estimate of drug-likeness (QED) is 0.361. The molecule has 0 bridgehead atoms. The molecule has 2 aromatic heterocycles. The highest BCUT2D eigenvalue weighted by molar-refractivity contribution is 6.05. The minimum absolute atomic E-state index is 0.157. The summed E-state index contributed by atoms with van der Waals surface area (Å²) in [5.74, 6) is 0.886. The van der Waals surface area contributed by atoms with Crippen LogP contribution in [-0.4, -0.2) is 39.6 Å². The summed E-state index contributed by atoms with van der Waals surface area (Å²) in [6, 6.07) is 12.7. The summed E-state index contributed by atoms with van der Waals surface area (Å²) >= 11 is 0. The molecule has 4 rings (SSSR count). The van der Waals surface area contributed by atoms with Gasteiger partial charge in [0.15, 0.2) is 17.1 Å². The second-order valence-corrected chi connectivity index (χ2v) is 8.19. The molecule has 2 amide bonds. The van der Waals surface area contributed by atoms with E-state index in [0.717, 1.165) is 16.8 Å². The normalized spacial score (nSPS) is 10.8. The van der Waals surface area contributed by atoms with Crippen LogP contribution in [0.5, 0.6) is 11.5 Å². The Morgan fingerprint density at radius 3 is 2.19 bits per heavy atom. The molecule has 0 aliphatic rings. The third-order valence-electron chi connectivity index (χ3n) is 5.60. The van der Waals surface area contributed by atoms with Gasteiger partial charge in [0.05, 0.1) is 30.2 Å². The molecule has 2 aromatic carbocycles. The van der Waals surface area contributed by atoms with Gasteiger partial charge in [-0.15, -0.1) is 0 Å². The van der Waals surface area contributed by atoms with Gasteiger partial charge >= 0.3 is 0 Å².